The Balaban J connectivity index is 2.13. The Bertz CT molecular complexity index is 568. The van der Waals surface area contributed by atoms with E-state index in [1.165, 1.54) is 18.5 Å². The van der Waals surface area contributed by atoms with Crippen molar-refractivity contribution in [1.82, 2.24) is 14.8 Å². The van der Waals surface area contributed by atoms with Crippen molar-refractivity contribution >= 4 is 17.3 Å². The quantitative estimate of drug-likeness (QED) is 0.817. The van der Waals surface area contributed by atoms with Gasteiger partial charge in [0.05, 0.1) is 42.5 Å². The van der Waals surface area contributed by atoms with Gasteiger partial charge >= 0.3 is 5.97 Å². The summed E-state index contributed by atoms with van der Waals surface area (Å²) in [6.45, 7) is 1.20. The van der Waals surface area contributed by atoms with Crippen LogP contribution in [-0.4, -0.2) is 39.6 Å². The Morgan fingerprint density at radius 3 is 3.11 bits per heavy atom. The van der Waals surface area contributed by atoms with Gasteiger partial charge in [-0.05, 0) is 6.07 Å². The van der Waals surface area contributed by atoms with Crippen molar-refractivity contribution < 1.29 is 14.6 Å². The number of nitrogens with one attached hydrogen (secondary N) is 1. The predicted molar refractivity (Wildman–Crippen MR) is 68.6 cm³/mol. The van der Waals surface area contributed by atoms with E-state index in [1.54, 1.807) is 24.2 Å². The zero-order valence-electron chi connectivity index (χ0n) is 10.4. The van der Waals surface area contributed by atoms with Gasteiger partial charge in [0, 0.05) is 19.5 Å². The third-order valence-electron chi connectivity index (χ3n) is 2.49. The van der Waals surface area contributed by atoms with Crippen LogP contribution in [0, 0.1) is 0 Å². The molecule has 0 spiro atoms. The van der Waals surface area contributed by atoms with E-state index in [-0.39, 0.29) is 5.56 Å². The number of carboxylic acid groups (broad SMARTS) is 1. The van der Waals surface area contributed by atoms with Gasteiger partial charge in [-0.1, -0.05) is 0 Å². The fourth-order valence-electron chi connectivity index (χ4n) is 1.57. The molecule has 7 nitrogen and oxygen atoms in total. The number of rotatable bonds is 6. The first-order valence-electron chi connectivity index (χ1n) is 5.66. The molecule has 2 aromatic heterocycles. The van der Waals surface area contributed by atoms with E-state index in [0.29, 0.717) is 24.5 Å². The van der Waals surface area contributed by atoms with E-state index in [4.69, 9.17) is 9.84 Å². The number of ether oxygens (including phenoxy) is 1. The molecule has 0 saturated carbocycles. The van der Waals surface area contributed by atoms with Crippen molar-refractivity contribution in [1.29, 1.82) is 0 Å². The molecule has 0 aliphatic carbocycles. The number of carboxylic acids is 1. The molecule has 2 heterocycles. The third kappa shape index (κ3) is 3.29. The normalized spacial score (nSPS) is 10.4. The maximum absolute atomic E-state index is 11.1. The van der Waals surface area contributed by atoms with E-state index in [9.17, 15) is 4.79 Å². The molecule has 0 unspecified atom stereocenters. The van der Waals surface area contributed by atoms with Gasteiger partial charge in [0.2, 0.25) is 0 Å². The molecule has 0 bridgehead atoms. The highest BCUT2D eigenvalue weighted by molar-refractivity contribution is 5.94. The van der Waals surface area contributed by atoms with Crippen LogP contribution in [0.2, 0.25) is 0 Å². The maximum Gasteiger partial charge on any atom is 0.337 e. The topological polar surface area (TPSA) is 89.3 Å². The number of pyridine rings is 1. The minimum Gasteiger partial charge on any atom is -0.478 e. The van der Waals surface area contributed by atoms with E-state index in [1.807, 2.05) is 0 Å². The number of aromatic nitrogens is 3. The summed E-state index contributed by atoms with van der Waals surface area (Å²) in [5, 5.41) is 16.2. The van der Waals surface area contributed by atoms with Gasteiger partial charge in [0.1, 0.15) is 0 Å². The smallest absolute Gasteiger partial charge is 0.337 e. The van der Waals surface area contributed by atoms with Gasteiger partial charge in [-0.15, -0.1) is 0 Å². The van der Waals surface area contributed by atoms with Crippen LogP contribution in [0.15, 0.2) is 30.9 Å². The second-order valence-corrected chi connectivity index (χ2v) is 3.84. The first kappa shape index (κ1) is 13.0. The average Bonchev–Trinajstić information content (AvgIpc) is 2.84. The second kappa shape index (κ2) is 5.96. The number of carbonyl (C=O) groups is 1. The lowest BCUT2D eigenvalue weighted by Crippen LogP contribution is -2.04. The van der Waals surface area contributed by atoms with Crippen molar-refractivity contribution in [3.05, 3.63) is 36.4 Å². The summed E-state index contributed by atoms with van der Waals surface area (Å²) in [5.41, 5.74) is 1.30. The van der Waals surface area contributed by atoms with Gasteiger partial charge in [-0.3, -0.25) is 9.67 Å². The van der Waals surface area contributed by atoms with Gasteiger partial charge < -0.3 is 15.2 Å². The largest absolute Gasteiger partial charge is 0.478 e. The van der Waals surface area contributed by atoms with Crippen LogP contribution < -0.4 is 5.32 Å². The Morgan fingerprint density at radius 2 is 2.37 bits per heavy atom. The number of methoxy groups -OCH3 is 1. The third-order valence-corrected chi connectivity index (χ3v) is 2.49. The van der Waals surface area contributed by atoms with Crippen LogP contribution in [0.1, 0.15) is 10.4 Å². The molecule has 0 radical (unpaired) electrons. The number of aromatic carboxylic acids is 1. The summed E-state index contributed by atoms with van der Waals surface area (Å²) in [4.78, 5) is 15.0. The lowest BCUT2D eigenvalue weighted by molar-refractivity contribution is 0.0698. The summed E-state index contributed by atoms with van der Waals surface area (Å²) in [5.74, 6) is -1.00. The van der Waals surface area contributed by atoms with Gasteiger partial charge in [-0.25, -0.2) is 4.79 Å². The maximum atomic E-state index is 11.1. The molecule has 0 saturated heterocycles. The highest BCUT2D eigenvalue weighted by Crippen LogP contribution is 2.19. The van der Waals surface area contributed by atoms with Crippen LogP contribution >= 0.6 is 0 Å². The minimum absolute atomic E-state index is 0.166. The Kier molecular flexibility index (Phi) is 4.09. The Hall–Kier alpha value is -2.41. The molecule has 19 heavy (non-hydrogen) atoms. The summed E-state index contributed by atoms with van der Waals surface area (Å²) in [6.07, 6.45) is 6.30. The van der Waals surface area contributed by atoms with E-state index < -0.39 is 5.97 Å². The Labute approximate surface area is 109 Å². The fourth-order valence-corrected chi connectivity index (χ4v) is 1.57. The average molecular weight is 262 g/mol. The molecule has 0 amide bonds. The van der Waals surface area contributed by atoms with Crippen molar-refractivity contribution in [2.24, 2.45) is 0 Å². The molecule has 2 aromatic rings. The van der Waals surface area contributed by atoms with Crippen molar-refractivity contribution in [2.75, 3.05) is 19.0 Å². The zero-order chi connectivity index (χ0) is 13.7. The van der Waals surface area contributed by atoms with Gasteiger partial charge in [0.25, 0.3) is 0 Å². The van der Waals surface area contributed by atoms with Gasteiger partial charge in [0.15, 0.2) is 0 Å². The molecule has 0 aliphatic heterocycles. The van der Waals surface area contributed by atoms with Crippen LogP contribution in [0.25, 0.3) is 0 Å². The lowest BCUT2D eigenvalue weighted by atomic mass is 10.2. The van der Waals surface area contributed by atoms with E-state index in [0.717, 1.165) is 0 Å². The van der Waals surface area contributed by atoms with Crippen molar-refractivity contribution in [3.8, 4) is 0 Å². The van der Waals surface area contributed by atoms with Crippen LogP contribution in [0.5, 0.6) is 0 Å². The molecule has 2 rings (SSSR count). The van der Waals surface area contributed by atoms with Crippen LogP contribution in [0.4, 0.5) is 11.4 Å². The molecule has 0 aromatic carbocycles. The molecule has 100 valence electrons. The first-order chi connectivity index (χ1) is 9.20. The highest BCUT2D eigenvalue weighted by Gasteiger charge is 2.10. The van der Waals surface area contributed by atoms with Gasteiger partial charge in [-0.2, -0.15) is 5.10 Å². The molecular weight excluding hydrogens is 248 g/mol. The fraction of sp³-hybridized carbons (Fsp3) is 0.250. The summed E-state index contributed by atoms with van der Waals surface area (Å²) < 4.78 is 6.67. The molecule has 0 atom stereocenters. The first-order valence-corrected chi connectivity index (χ1v) is 5.66. The molecule has 0 fully saturated rings. The zero-order valence-corrected chi connectivity index (χ0v) is 10.4. The van der Waals surface area contributed by atoms with E-state index >= 15 is 0 Å². The number of anilines is 2. The van der Waals surface area contributed by atoms with Crippen LogP contribution in [-0.2, 0) is 11.3 Å². The highest BCUT2D eigenvalue weighted by atomic mass is 16.5. The second-order valence-electron chi connectivity index (χ2n) is 3.84. The molecule has 2 N–H and O–H groups in total. The molecule has 0 aliphatic rings. The van der Waals surface area contributed by atoms with Crippen LogP contribution in [0.3, 0.4) is 0 Å². The lowest BCUT2D eigenvalue weighted by Gasteiger charge is -2.06. The number of hydrogen-bond donors (Lipinski definition) is 2. The Morgan fingerprint density at radius 1 is 1.53 bits per heavy atom. The molecular formula is C12H14N4O3. The SMILES string of the molecule is COCCn1cc(Nc2cnccc2C(=O)O)cn1. The van der Waals surface area contributed by atoms with Crippen molar-refractivity contribution in [2.45, 2.75) is 6.54 Å². The number of nitrogens with zero attached hydrogens (tertiary/aromatic N) is 3. The summed E-state index contributed by atoms with van der Waals surface area (Å²) in [6, 6.07) is 1.44. The summed E-state index contributed by atoms with van der Waals surface area (Å²) in [7, 11) is 1.62. The van der Waals surface area contributed by atoms with Crippen molar-refractivity contribution in [3.63, 3.8) is 0 Å². The molecule has 7 heteroatoms. The minimum atomic E-state index is -1.00. The predicted octanol–water partition coefficient (Wildman–Crippen LogP) is 1.37. The standard InChI is InChI=1S/C12H14N4O3/c1-19-5-4-16-8-9(6-14-16)15-11-7-13-3-2-10(11)12(17)18/h2-3,6-8,15H,4-5H2,1H3,(H,17,18). The monoisotopic (exact) mass is 262 g/mol. The number of hydrogen-bond acceptors (Lipinski definition) is 5. The van der Waals surface area contributed by atoms with E-state index in [2.05, 4.69) is 15.4 Å². The summed E-state index contributed by atoms with van der Waals surface area (Å²) >= 11 is 0.